The molecule has 0 aliphatic heterocycles. The number of furan rings is 1. The van der Waals surface area contributed by atoms with Gasteiger partial charge in [-0.25, -0.2) is 0 Å². The van der Waals surface area contributed by atoms with E-state index in [0.717, 1.165) is 52.6 Å². The van der Waals surface area contributed by atoms with Crippen LogP contribution in [0.1, 0.15) is 24.8 Å². The molecule has 0 fully saturated rings. The molecule has 0 spiro atoms. The fraction of sp³-hybridized carbons (Fsp3) is 0.0545. The first-order valence-electron chi connectivity index (χ1n) is 20.1. The van der Waals surface area contributed by atoms with Crippen molar-refractivity contribution >= 4 is 38.9 Å². The van der Waals surface area contributed by atoms with E-state index in [1.54, 1.807) is 0 Å². The molecule has 12 rings (SSSR count). The number of para-hydroxylation sites is 2. The highest BCUT2D eigenvalue weighted by Gasteiger charge is 2.31. The van der Waals surface area contributed by atoms with Crippen molar-refractivity contribution in [1.29, 1.82) is 0 Å². The van der Waals surface area contributed by atoms with Crippen LogP contribution < -0.4 is 4.90 Å². The van der Waals surface area contributed by atoms with Crippen LogP contribution in [0.25, 0.3) is 94.3 Å². The van der Waals surface area contributed by atoms with E-state index in [9.17, 15) is 0 Å². The van der Waals surface area contributed by atoms with Gasteiger partial charge in [0, 0.05) is 22.2 Å². The third kappa shape index (κ3) is 4.90. The summed E-state index contributed by atoms with van der Waals surface area (Å²) in [6, 6.07) is 64.6. The summed E-state index contributed by atoms with van der Waals surface area (Å²) < 4.78 is 6.71. The van der Waals surface area contributed by atoms with Gasteiger partial charge in [-0.15, -0.1) is 0 Å². The molecule has 0 saturated heterocycles. The molecule has 9 aromatic rings. The SMILES string of the molecule is C1=CC(N(c2ccc(-c3ccc4c(c3)-c3c5cccc3-c3cccc-4c3-c3ccccc3-5)cc2)c2cccc3c2oc2ccccc23)=C(c2ccccc2)CCC1. The van der Waals surface area contributed by atoms with Crippen LogP contribution in [0.2, 0.25) is 0 Å². The second-order valence-corrected chi connectivity index (χ2v) is 15.4. The monoisotopic (exact) mass is 727 g/mol. The Bertz CT molecular complexity index is 3120. The van der Waals surface area contributed by atoms with Crippen LogP contribution >= 0.6 is 0 Å². The molecule has 268 valence electrons. The van der Waals surface area contributed by atoms with Gasteiger partial charge in [0.1, 0.15) is 5.58 Å². The molecule has 3 aliphatic rings. The number of benzene rings is 8. The maximum absolute atomic E-state index is 6.71. The fourth-order valence-electron chi connectivity index (χ4n) is 9.76. The fourth-order valence-corrected chi connectivity index (χ4v) is 9.76. The number of hydrogen-bond donors (Lipinski definition) is 0. The molecule has 0 amide bonds. The maximum Gasteiger partial charge on any atom is 0.159 e. The van der Waals surface area contributed by atoms with Gasteiger partial charge < -0.3 is 9.32 Å². The Kier molecular flexibility index (Phi) is 7.15. The maximum atomic E-state index is 6.71. The lowest BCUT2D eigenvalue weighted by molar-refractivity contribution is 0.669. The highest BCUT2D eigenvalue weighted by atomic mass is 16.3. The molecule has 0 unspecified atom stereocenters. The summed E-state index contributed by atoms with van der Waals surface area (Å²) in [5.74, 6) is 0. The van der Waals surface area contributed by atoms with E-state index in [0.29, 0.717) is 0 Å². The first-order valence-corrected chi connectivity index (χ1v) is 20.1. The number of rotatable bonds is 5. The van der Waals surface area contributed by atoms with Crippen molar-refractivity contribution in [3.05, 3.63) is 199 Å². The van der Waals surface area contributed by atoms with Crippen molar-refractivity contribution in [2.75, 3.05) is 4.90 Å². The van der Waals surface area contributed by atoms with Crippen molar-refractivity contribution in [2.45, 2.75) is 19.3 Å². The van der Waals surface area contributed by atoms with E-state index in [2.05, 4.69) is 187 Å². The normalized spacial score (nSPS) is 13.6. The van der Waals surface area contributed by atoms with Crippen LogP contribution in [0.5, 0.6) is 0 Å². The van der Waals surface area contributed by atoms with Crippen LogP contribution in [0.4, 0.5) is 11.4 Å². The average Bonchev–Trinajstić information content (AvgIpc) is 3.42. The minimum atomic E-state index is 0.895. The molecule has 0 atom stereocenters. The first kappa shape index (κ1) is 32.1. The molecule has 2 nitrogen and oxygen atoms in total. The van der Waals surface area contributed by atoms with E-state index >= 15 is 0 Å². The Labute approximate surface area is 332 Å². The van der Waals surface area contributed by atoms with Crippen molar-refractivity contribution < 1.29 is 4.42 Å². The molecule has 57 heavy (non-hydrogen) atoms. The topological polar surface area (TPSA) is 16.4 Å². The number of anilines is 2. The standard InChI is InChI=1S/C55H37NO/c1-3-14-36(15-4-1)39-16-5-2-6-25-50(39)56(51-26-13-24-48-42-18-9-10-27-52(42)57-55(48)51)38-31-28-35(29-32-38)37-30-33-41-45-21-12-22-46-47-23-11-20-44(54(47)49(41)34-37)40-17-7-8-19-43(40)53(45)46/h1,3-4,6-15,17-34H,2,5,16H2. The summed E-state index contributed by atoms with van der Waals surface area (Å²) in [4.78, 5) is 2.43. The van der Waals surface area contributed by atoms with Gasteiger partial charge in [-0.2, -0.15) is 0 Å². The second-order valence-electron chi connectivity index (χ2n) is 15.4. The Morgan fingerprint density at radius 1 is 0.439 bits per heavy atom. The number of allylic oxidation sites excluding steroid dienone is 3. The summed E-state index contributed by atoms with van der Waals surface area (Å²) in [6.07, 6.45) is 7.80. The summed E-state index contributed by atoms with van der Waals surface area (Å²) in [6.45, 7) is 0. The van der Waals surface area contributed by atoms with Crippen LogP contribution in [-0.2, 0) is 0 Å². The molecule has 1 aromatic heterocycles. The van der Waals surface area contributed by atoms with Gasteiger partial charge in [-0.05, 0) is 134 Å². The zero-order valence-corrected chi connectivity index (χ0v) is 31.4. The number of fused-ring (bicyclic) bond motifs is 7. The predicted molar refractivity (Wildman–Crippen MR) is 238 cm³/mol. The molecule has 0 saturated carbocycles. The van der Waals surface area contributed by atoms with Crippen molar-refractivity contribution in [3.8, 4) is 66.8 Å². The van der Waals surface area contributed by atoms with Crippen molar-refractivity contribution in [1.82, 2.24) is 0 Å². The Balaban J connectivity index is 1.04. The minimum absolute atomic E-state index is 0.895. The van der Waals surface area contributed by atoms with Crippen molar-refractivity contribution in [3.63, 3.8) is 0 Å². The van der Waals surface area contributed by atoms with Gasteiger partial charge in [0.15, 0.2) is 5.58 Å². The molecule has 2 heteroatoms. The summed E-state index contributed by atoms with van der Waals surface area (Å²) in [7, 11) is 0. The average molecular weight is 728 g/mol. The molecule has 1 heterocycles. The second kappa shape index (κ2) is 12.7. The zero-order chi connectivity index (χ0) is 37.5. The summed E-state index contributed by atoms with van der Waals surface area (Å²) >= 11 is 0. The third-order valence-corrected chi connectivity index (χ3v) is 12.3. The van der Waals surface area contributed by atoms with Gasteiger partial charge in [0.05, 0.1) is 5.69 Å². The summed E-state index contributed by atoms with van der Waals surface area (Å²) in [5, 5.41) is 2.26. The molecular formula is C55H37NO. The Hall–Kier alpha value is -7.16. The lowest BCUT2D eigenvalue weighted by atomic mass is 9.83. The lowest BCUT2D eigenvalue weighted by Gasteiger charge is -2.29. The third-order valence-electron chi connectivity index (χ3n) is 12.3. The molecular weight excluding hydrogens is 691 g/mol. The largest absolute Gasteiger partial charge is 0.454 e. The van der Waals surface area contributed by atoms with E-state index < -0.39 is 0 Å². The van der Waals surface area contributed by atoms with E-state index in [4.69, 9.17) is 4.42 Å². The number of hydrogen-bond acceptors (Lipinski definition) is 2. The van der Waals surface area contributed by atoms with Gasteiger partial charge >= 0.3 is 0 Å². The smallest absolute Gasteiger partial charge is 0.159 e. The van der Waals surface area contributed by atoms with Gasteiger partial charge in [0.2, 0.25) is 0 Å². The van der Waals surface area contributed by atoms with E-state index in [1.807, 2.05) is 6.07 Å². The van der Waals surface area contributed by atoms with Crippen LogP contribution in [0.15, 0.2) is 198 Å². The lowest BCUT2D eigenvalue weighted by Crippen LogP contribution is -2.17. The first-order chi connectivity index (χ1) is 28.3. The van der Waals surface area contributed by atoms with Crippen molar-refractivity contribution in [2.24, 2.45) is 0 Å². The predicted octanol–water partition coefficient (Wildman–Crippen LogP) is 15.5. The number of nitrogens with zero attached hydrogens (tertiary/aromatic N) is 1. The molecule has 3 aliphatic carbocycles. The Morgan fingerprint density at radius 3 is 1.86 bits per heavy atom. The molecule has 0 radical (unpaired) electrons. The van der Waals surface area contributed by atoms with Crippen LogP contribution in [0.3, 0.4) is 0 Å². The highest BCUT2D eigenvalue weighted by Crippen LogP contribution is 2.57. The van der Waals surface area contributed by atoms with Crippen LogP contribution in [-0.4, -0.2) is 0 Å². The Morgan fingerprint density at radius 2 is 1.05 bits per heavy atom. The van der Waals surface area contributed by atoms with Gasteiger partial charge in [-0.3, -0.25) is 0 Å². The molecule has 6 bridgehead atoms. The van der Waals surface area contributed by atoms with Crippen LogP contribution in [0, 0.1) is 0 Å². The van der Waals surface area contributed by atoms with Gasteiger partial charge in [0.25, 0.3) is 0 Å². The molecule has 0 N–H and O–H groups in total. The van der Waals surface area contributed by atoms with Gasteiger partial charge in [-0.1, -0.05) is 152 Å². The molecule has 8 aromatic carbocycles. The van der Waals surface area contributed by atoms with E-state index in [1.165, 1.54) is 83.6 Å². The van der Waals surface area contributed by atoms with E-state index in [-0.39, 0.29) is 0 Å². The highest BCUT2D eigenvalue weighted by molar-refractivity contribution is 6.15. The minimum Gasteiger partial charge on any atom is -0.454 e. The summed E-state index contributed by atoms with van der Waals surface area (Å²) in [5.41, 5.74) is 23.2. The quantitative estimate of drug-likeness (QED) is 0.175. The zero-order valence-electron chi connectivity index (χ0n) is 31.4.